The lowest BCUT2D eigenvalue weighted by Gasteiger charge is -2.69. The lowest BCUT2D eigenvalue weighted by Crippen LogP contribution is -2.64. The molecule has 0 saturated heterocycles. The van der Waals surface area contributed by atoms with Crippen LogP contribution >= 0.6 is 11.3 Å². The number of para-hydroxylation sites is 1. The van der Waals surface area contributed by atoms with Gasteiger partial charge in [0.05, 0.1) is 34.4 Å². The van der Waals surface area contributed by atoms with Crippen LogP contribution in [0, 0.1) is 29.1 Å². The minimum atomic E-state index is -4.55. The summed E-state index contributed by atoms with van der Waals surface area (Å²) in [6.45, 7) is 10.7. The number of hydrogen-bond donors (Lipinski definition) is 7. The number of carbonyl (C=O) groups is 9. The molecule has 4 aliphatic carbocycles. The summed E-state index contributed by atoms with van der Waals surface area (Å²) in [6.07, 6.45) is 10.2. The maximum absolute atomic E-state index is 14.8. The minimum Gasteiger partial charge on any atom is -0.476 e. The highest BCUT2D eigenvalue weighted by Crippen LogP contribution is 2.72. The average molecular weight is 1450 g/mol. The standard InChI is InChI=1S/C73H89N13O15S2/c1-45(2)61(80-58(87)18-7-6-10-29-84-59(88)25-26-60(84)89)65(92)86(55(63(74)90)16-12-28-76-67(75)95)49-21-19-47(20-22-49)37-100-69(96)82(32-34-103(97,98)99)31-33-101-73-41-70(4)38-71(5,42-73)40-72(39-70,43-73)44-85-46(3)52(35-77-85)50-23-24-57(79-62(50)66(93)94)83-30-27-48-13-11-14-51(53(48)36-83)64(91)81-68-78-54-15-8-9-17-56(54)102-68/h8-9,11,13-15,17,19-26,35,45,55,61H,6-7,10,12,16,18,27-34,36-44H2,1-5H3,(H2,74,90)(H,80,87)(H,93,94)(H3,75,76,95)(H,78,81,91)(H,97,98,99)/t55-,61-,70?,71?,72?,73?/m0/s1. The van der Waals surface area contributed by atoms with Crippen LogP contribution in [0.2, 0.25) is 0 Å². The lowest BCUT2D eigenvalue weighted by molar-refractivity contribution is -0.248. The van der Waals surface area contributed by atoms with E-state index < -0.39 is 93.6 Å². The monoisotopic (exact) mass is 1450 g/mol. The summed E-state index contributed by atoms with van der Waals surface area (Å²) < 4.78 is 50.0. The fourth-order valence-electron chi connectivity index (χ4n) is 17.0. The second-order valence-electron chi connectivity index (χ2n) is 29.3. The summed E-state index contributed by atoms with van der Waals surface area (Å²) >= 11 is 1.40. The number of carboxylic acids is 1. The topological polar surface area (TPSA) is 391 Å². The number of thiazole rings is 1. The van der Waals surface area contributed by atoms with E-state index in [1.165, 1.54) is 45.4 Å². The van der Waals surface area contributed by atoms with Crippen LogP contribution in [0.5, 0.6) is 0 Å². The number of pyridine rings is 1. The number of nitrogens with zero attached hydrogens (tertiary/aromatic N) is 8. The Morgan fingerprint density at radius 1 is 0.825 bits per heavy atom. The number of fused-ring (bicyclic) bond motifs is 2. The van der Waals surface area contributed by atoms with E-state index in [0.29, 0.717) is 84.9 Å². The van der Waals surface area contributed by atoms with Crippen LogP contribution in [0.25, 0.3) is 21.3 Å². The second kappa shape index (κ2) is 30.7. The van der Waals surface area contributed by atoms with Gasteiger partial charge in [0.15, 0.2) is 10.8 Å². The highest BCUT2D eigenvalue weighted by molar-refractivity contribution is 7.85. The molecule has 3 aromatic heterocycles. The number of unbranched alkanes of at least 4 members (excludes halogenated alkanes) is 2. The van der Waals surface area contributed by atoms with Crippen molar-refractivity contribution in [3.8, 4) is 11.1 Å². The molecule has 4 fully saturated rings. The molecule has 4 atom stereocenters. The summed E-state index contributed by atoms with van der Waals surface area (Å²) in [5, 5.41) is 24.5. The summed E-state index contributed by atoms with van der Waals surface area (Å²) in [6, 6.07) is 19.9. The first kappa shape index (κ1) is 74.5. The van der Waals surface area contributed by atoms with Gasteiger partial charge < -0.3 is 46.5 Å². The number of amides is 9. The molecule has 9 N–H and O–H groups in total. The number of rotatable bonds is 32. The van der Waals surface area contributed by atoms with Crippen molar-refractivity contribution in [3.05, 3.63) is 131 Å². The third-order valence-corrected chi connectivity index (χ3v) is 22.1. The Hall–Kier alpha value is -9.65. The maximum Gasteiger partial charge on any atom is 0.410 e. The zero-order chi connectivity index (χ0) is 73.8. The van der Waals surface area contributed by atoms with E-state index in [1.807, 2.05) is 59.0 Å². The fraction of sp³-hybridized carbons (Fsp3) is 0.479. The number of carbonyl (C=O) groups excluding carboxylic acids is 8. The molecule has 6 aromatic rings. The molecule has 9 amide bonds. The number of urea groups is 1. The number of benzene rings is 3. The van der Waals surface area contributed by atoms with Crippen LogP contribution in [0.3, 0.4) is 0 Å². The Balaban J connectivity index is 0.740. The maximum atomic E-state index is 14.8. The van der Waals surface area contributed by atoms with Crippen molar-refractivity contribution in [3.63, 3.8) is 0 Å². The van der Waals surface area contributed by atoms with Crippen LogP contribution in [0.15, 0.2) is 97.2 Å². The summed E-state index contributed by atoms with van der Waals surface area (Å²) in [5.41, 5.74) is 15.5. The van der Waals surface area contributed by atoms with Crippen molar-refractivity contribution < 1.29 is 70.7 Å². The molecular weight excluding hydrogens is 1360 g/mol. The van der Waals surface area contributed by atoms with Crippen LogP contribution in [0.4, 0.5) is 26.2 Å². The largest absolute Gasteiger partial charge is 0.476 e. The molecule has 4 bridgehead atoms. The highest BCUT2D eigenvalue weighted by atomic mass is 32.2. The quantitative estimate of drug-likeness (QED) is 0.0118. The van der Waals surface area contributed by atoms with E-state index in [9.17, 15) is 61.2 Å². The molecule has 0 spiro atoms. The lowest BCUT2D eigenvalue weighted by atomic mass is 9.39. The van der Waals surface area contributed by atoms with E-state index in [1.54, 1.807) is 44.3 Å². The number of imide groups is 1. The molecule has 4 saturated carbocycles. The molecule has 2 aliphatic heterocycles. The summed E-state index contributed by atoms with van der Waals surface area (Å²) in [4.78, 5) is 133. The van der Waals surface area contributed by atoms with Gasteiger partial charge in [-0.05, 0) is 159 Å². The molecule has 103 heavy (non-hydrogen) atoms. The van der Waals surface area contributed by atoms with Gasteiger partial charge in [0.2, 0.25) is 11.8 Å². The van der Waals surface area contributed by atoms with Crippen molar-refractivity contribution in [2.24, 2.45) is 33.6 Å². The predicted octanol–water partition coefficient (Wildman–Crippen LogP) is 8.30. The predicted molar refractivity (Wildman–Crippen MR) is 384 cm³/mol. The SMILES string of the molecule is Cc1c(-c2ccc(N3CCc4cccc(C(=O)Nc5nc6ccccc6s5)c4C3)nc2C(=O)O)cnn1CC12CC3(C)CC(C)(C1)CC(OCCN(CCS(=O)(=O)O)C(=O)OCc1ccc(N(C(=O)[C@@H](NC(=O)CCCCCN4C(=O)C=CC4=O)C(C)C)[C@@H](CCCNC(N)=O)C(N)=O)cc1)(C3)C2. The van der Waals surface area contributed by atoms with Crippen LogP contribution < -0.4 is 37.2 Å². The van der Waals surface area contributed by atoms with Gasteiger partial charge in [-0.25, -0.2) is 24.4 Å². The van der Waals surface area contributed by atoms with Crippen LogP contribution in [0.1, 0.15) is 148 Å². The smallest absolute Gasteiger partial charge is 0.410 e. The molecule has 5 heterocycles. The number of anilines is 3. The fourth-order valence-corrected chi connectivity index (χ4v) is 18.3. The number of nitrogens with two attached hydrogens (primary N) is 2. The van der Waals surface area contributed by atoms with Crippen molar-refractivity contribution in [2.45, 2.75) is 155 Å². The number of aromatic carboxylic acids is 1. The van der Waals surface area contributed by atoms with Crippen molar-refractivity contribution >= 4 is 102 Å². The van der Waals surface area contributed by atoms with E-state index in [2.05, 4.69) is 34.8 Å². The molecule has 2 unspecified atom stereocenters. The van der Waals surface area contributed by atoms with Gasteiger partial charge in [-0.2, -0.15) is 13.5 Å². The number of hydrogen-bond acceptors (Lipinski definition) is 18. The van der Waals surface area contributed by atoms with Crippen molar-refractivity contribution in [1.82, 2.24) is 40.2 Å². The average Bonchev–Trinajstić information content (AvgIpc) is 1.34. The molecule has 28 nitrogen and oxygen atoms in total. The molecule has 3 aromatic carbocycles. The Labute approximate surface area is 601 Å². The molecule has 548 valence electrons. The first-order chi connectivity index (χ1) is 48.9. The molecule has 30 heteroatoms. The van der Waals surface area contributed by atoms with E-state index >= 15 is 0 Å². The normalized spacial score (nSPS) is 21.0. The highest BCUT2D eigenvalue weighted by Gasteiger charge is 2.66. The molecule has 12 rings (SSSR count). The first-order valence-corrected chi connectivity index (χ1v) is 37.2. The molecule has 6 aliphatic rings. The number of carboxylic acid groups (broad SMARTS) is 1. The van der Waals surface area contributed by atoms with Crippen molar-refractivity contribution in [2.75, 3.05) is 60.2 Å². The van der Waals surface area contributed by atoms with Gasteiger partial charge in [-0.1, -0.05) is 81.9 Å². The van der Waals surface area contributed by atoms with Crippen LogP contribution in [-0.4, -0.2) is 164 Å². The van der Waals surface area contributed by atoms with Gasteiger partial charge in [0.1, 0.15) is 24.5 Å². The number of aromatic nitrogens is 4. The Morgan fingerprint density at radius 3 is 2.23 bits per heavy atom. The third kappa shape index (κ3) is 17.5. The zero-order valence-corrected chi connectivity index (χ0v) is 60.1. The summed E-state index contributed by atoms with van der Waals surface area (Å²) in [7, 11) is -4.55. The third-order valence-electron chi connectivity index (χ3n) is 20.5. The zero-order valence-electron chi connectivity index (χ0n) is 58.5. The Kier molecular flexibility index (Phi) is 22.2. The van der Waals surface area contributed by atoms with Gasteiger partial charge >= 0.3 is 18.1 Å². The number of ether oxygens (including phenoxy) is 2. The first-order valence-electron chi connectivity index (χ1n) is 34.8. The minimum absolute atomic E-state index is 0.000494. The van der Waals surface area contributed by atoms with E-state index in [4.69, 9.17) is 31.0 Å². The number of primary amides is 2. The van der Waals surface area contributed by atoms with Crippen LogP contribution in [-0.2, 0) is 69.7 Å². The van der Waals surface area contributed by atoms with Gasteiger partial charge in [-0.3, -0.25) is 53.1 Å². The van der Waals surface area contributed by atoms with Crippen molar-refractivity contribution in [1.29, 1.82) is 0 Å². The Bertz CT molecular complexity index is 4350. The Morgan fingerprint density at radius 2 is 1.55 bits per heavy atom. The van der Waals surface area contributed by atoms with Gasteiger partial charge in [-0.15, -0.1) is 0 Å². The van der Waals surface area contributed by atoms with E-state index in [-0.39, 0.29) is 85.6 Å². The van der Waals surface area contributed by atoms with E-state index in [0.717, 1.165) is 64.0 Å². The van der Waals surface area contributed by atoms with Gasteiger partial charge in [0.25, 0.3) is 33.7 Å². The summed E-state index contributed by atoms with van der Waals surface area (Å²) in [5.74, 6) is -5.07. The molecule has 0 radical (unpaired) electrons. The van der Waals surface area contributed by atoms with Gasteiger partial charge in [0, 0.05) is 92.5 Å². The molecular formula is C73H89N13O15S2. The number of nitrogens with one attached hydrogen (secondary N) is 3. The second-order valence-corrected chi connectivity index (χ2v) is 31.9.